The molecule has 1 unspecified atom stereocenters. The molecule has 2 rings (SSSR count). The van der Waals surface area contributed by atoms with Gasteiger partial charge in [-0.05, 0) is 24.5 Å². The second-order valence-electron chi connectivity index (χ2n) is 5.43. The number of halogens is 1. The number of nitrogens with one attached hydrogen (secondary N) is 2. The average molecular weight is 313 g/mol. The summed E-state index contributed by atoms with van der Waals surface area (Å²) in [6.07, 6.45) is 1.34. The SMILES string of the molecule is COCC(O)CNC(=O)NCC1(c2ccccc2Cl)CC1. The van der Waals surface area contributed by atoms with Gasteiger partial charge in [0.25, 0.3) is 0 Å². The minimum Gasteiger partial charge on any atom is -0.389 e. The van der Waals surface area contributed by atoms with Crippen molar-refractivity contribution in [2.75, 3.05) is 26.8 Å². The lowest BCUT2D eigenvalue weighted by atomic mass is 9.96. The second-order valence-corrected chi connectivity index (χ2v) is 5.84. The predicted molar refractivity (Wildman–Crippen MR) is 81.6 cm³/mol. The normalized spacial score (nSPS) is 17.1. The minimum absolute atomic E-state index is 0.0408. The van der Waals surface area contributed by atoms with Crippen LogP contribution in [-0.4, -0.2) is 44.0 Å². The zero-order chi connectivity index (χ0) is 15.3. The maximum absolute atomic E-state index is 11.7. The number of amides is 2. The molecule has 5 nitrogen and oxygen atoms in total. The molecule has 1 aliphatic rings. The van der Waals surface area contributed by atoms with Gasteiger partial charge < -0.3 is 20.5 Å². The Labute approximate surface area is 129 Å². The Morgan fingerprint density at radius 2 is 2.14 bits per heavy atom. The van der Waals surface area contributed by atoms with Crippen LogP contribution in [0.1, 0.15) is 18.4 Å². The fraction of sp³-hybridized carbons (Fsp3) is 0.533. The lowest BCUT2D eigenvalue weighted by molar-refractivity contribution is 0.0660. The first kappa shape index (κ1) is 16.1. The van der Waals surface area contributed by atoms with Crippen molar-refractivity contribution in [1.29, 1.82) is 0 Å². The van der Waals surface area contributed by atoms with Gasteiger partial charge >= 0.3 is 6.03 Å². The fourth-order valence-corrected chi connectivity index (χ4v) is 2.69. The monoisotopic (exact) mass is 312 g/mol. The highest BCUT2D eigenvalue weighted by Gasteiger charge is 2.45. The lowest BCUT2D eigenvalue weighted by Gasteiger charge is -2.18. The molecule has 2 amide bonds. The van der Waals surface area contributed by atoms with Crippen molar-refractivity contribution in [1.82, 2.24) is 10.6 Å². The quantitative estimate of drug-likeness (QED) is 0.717. The zero-order valence-corrected chi connectivity index (χ0v) is 12.8. The first-order valence-electron chi connectivity index (χ1n) is 7.01. The molecule has 3 N–H and O–H groups in total. The Morgan fingerprint density at radius 3 is 2.76 bits per heavy atom. The van der Waals surface area contributed by atoms with Crippen molar-refractivity contribution in [3.05, 3.63) is 34.9 Å². The topological polar surface area (TPSA) is 70.6 Å². The molecule has 1 aromatic rings. The second kappa shape index (κ2) is 7.11. The molecular weight excluding hydrogens is 292 g/mol. The fourth-order valence-electron chi connectivity index (χ4n) is 2.36. The van der Waals surface area contributed by atoms with Crippen LogP contribution < -0.4 is 10.6 Å². The smallest absolute Gasteiger partial charge is 0.314 e. The molecule has 0 aliphatic heterocycles. The number of carbonyl (C=O) groups is 1. The first-order valence-corrected chi connectivity index (χ1v) is 7.39. The third-order valence-corrected chi connectivity index (χ3v) is 4.07. The van der Waals surface area contributed by atoms with Crippen molar-refractivity contribution < 1.29 is 14.6 Å². The van der Waals surface area contributed by atoms with Crippen molar-refractivity contribution >= 4 is 17.6 Å². The number of hydrogen-bond acceptors (Lipinski definition) is 3. The van der Waals surface area contributed by atoms with E-state index in [1.165, 1.54) is 7.11 Å². The van der Waals surface area contributed by atoms with E-state index >= 15 is 0 Å². The van der Waals surface area contributed by atoms with Crippen molar-refractivity contribution in [2.24, 2.45) is 0 Å². The van der Waals surface area contributed by atoms with E-state index in [1.807, 2.05) is 24.3 Å². The van der Waals surface area contributed by atoms with Gasteiger partial charge in [0.15, 0.2) is 0 Å². The zero-order valence-electron chi connectivity index (χ0n) is 12.1. The van der Waals surface area contributed by atoms with Gasteiger partial charge in [0, 0.05) is 30.6 Å². The van der Waals surface area contributed by atoms with Crippen molar-refractivity contribution in [2.45, 2.75) is 24.4 Å². The highest BCUT2D eigenvalue weighted by molar-refractivity contribution is 6.31. The summed E-state index contributed by atoms with van der Waals surface area (Å²) in [7, 11) is 1.50. The third kappa shape index (κ3) is 4.33. The van der Waals surface area contributed by atoms with Crippen molar-refractivity contribution in [3.63, 3.8) is 0 Å². The van der Waals surface area contributed by atoms with Gasteiger partial charge in [-0.1, -0.05) is 29.8 Å². The van der Waals surface area contributed by atoms with Crippen LogP contribution in [0.5, 0.6) is 0 Å². The van der Waals surface area contributed by atoms with Crippen LogP contribution in [-0.2, 0) is 10.2 Å². The summed E-state index contributed by atoms with van der Waals surface area (Å²) < 4.78 is 4.79. The number of carbonyl (C=O) groups excluding carboxylic acids is 1. The molecule has 1 aromatic carbocycles. The molecule has 1 aliphatic carbocycles. The molecule has 116 valence electrons. The number of aliphatic hydroxyl groups excluding tert-OH is 1. The van der Waals surface area contributed by atoms with Gasteiger partial charge in [-0.3, -0.25) is 0 Å². The summed E-state index contributed by atoms with van der Waals surface area (Å²) in [5.74, 6) is 0. The van der Waals surface area contributed by atoms with Crippen LogP contribution in [0.2, 0.25) is 5.02 Å². The largest absolute Gasteiger partial charge is 0.389 e. The van der Waals surface area contributed by atoms with E-state index in [4.69, 9.17) is 16.3 Å². The standard InChI is InChI=1S/C15H21ClN2O3/c1-21-9-11(19)8-17-14(20)18-10-15(6-7-15)12-4-2-3-5-13(12)16/h2-5,11,19H,6-10H2,1H3,(H2,17,18,20). The van der Waals surface area contributed by atoms with E-state index in [2.05, 4.69) is 10.6 Å². The van der Waals surface area contributed by atoms with E-state index < -0.39 is 6.10 Å². The van der Waals surface area contributed by atoms with E-state index in [1.54, 1.807) is 0 Å². The Bertz CT molecular complexity index is 492. The number of benzene rings is 1. The molecule has 1 fully saturated rings. The maximum Gasteiger partial charge on any atom is 0.314 e. The molecule has 0 saturated heterocycles. The molecule has 0 radical (unpaired) electrons. The van der Waals surface area contributed by atoms with Gasteiger partial charge in [-0.25, -0.2) is 4.79 Å². The number of urea groups is 1. The third-order valence-electron chi connectivity index (χ3n) is 3.74. The van der Waals surface area contributed by atoms with Crippen LogP contribution in [0.3, 0.4) is 0 Å². The summed E-state index contributed by atoms with van der Waals surface area (Å²) >= 11 is 6.23. The maximum atomic E-state index is 11.7. The van der Waals surface area contributed by atoms with Gasteiger partial charge in [0.2, 0.25) is 0 Å². The van der Waals surface area contributed by atoms with E-state index in [0.29, 0.717) is 6.54 Å². The molecule has 1 atom stereocenters. The summed E-state index contributed by atoms with van der Waals surface area (Å²) in [6, 6.07) is 7.46. The number of aliphatic hydroxyl groups is 1. The minimum atomic E-state index is -0.695. The Hall–Kier alpha value is -1.30. The molecule has 0 bridgehead atoms. The summed E-state index contributed by atoms with van der Waals surface area (Å²) in [5.41, 5.74) is 1.05. The van der Waals surface area contributed by atoms with Crippen LogP contribution in [0.15, 0.2) is 24.3 Å². The predicted octanol–water partition coefficient (Wildman–Crippen LogP) is 1.68. The summed E-state index contributed by atoms with van der Waals surface area (Å²) in [5, 5.41) is 15.7. The van der Waals surface area contributed by atoms with Gasteiger partial charge in [0.1, 0.15) is 0 Å². The van der Waals surface area contributed by atoms with Crippen LogP contribution >= 0.6 is 11.6 Å². The molecule has 0 spiro atoms. The van der Waals surface area contributed by atoms with E-state index in [0.717, 1.165) is 23.4 Å². The summed E-state index contributed by atoms with van der Waals surface area (Å²) in [4.78, 5) is 11.7. The average Bonchev–Trinajstić information content (AvgIpc) is 3.25. The first-order chi connectivity index (χ1) is 10.1. The number of hydrogen-bond donors (Lipinski definition) is 3. The van der Waals surface area contributed by atoms with Gasteiger partial charge in [-0.15, -0.1) is 0 Å². The number of methoxy groups -OCH3 is 1. The molecule has 0 aromatic heterocycles. The molecule has 1 saturated carbocycles. The summed E-state index contributed by atoms with van der Waals surface area (Å²) in [6.45, 7) is 0.908. The lowest BCUT2D eigenvalue weighted by Crippen LogP contribution is -2.43. The Balaban J connectivity index is 1.80. The highest BCUT2D eigenvalue weighted by atomic mass is 35.5. The molecule has 0 heterocycles. The Kier molecular flexibility index (Phi) is 5.45. The molecule has 6 heteroatoms. The van der Waals surface area contributed by atoms with Gasteiger partial charge in [-0.2, -0.15) is 0 Å². The number of ether oxygens (including phenoxy) is 1. The van der Waals surface area contributed by atoms with Crippen LogP contribution in [0.25, 0.3) is 0 Å². The molecule has 21 heavy (non-hydrogen) atoms. The number of rotatable bonds is 7. The highest BCUT2D eigenvalue weighted by Crippen LogP contribution is 2.49. The Morgan fingerprint density at radius 1 is 1.43 bits per heavy atom. The van der Waals surface area contributed by atoms with E-state index in [9.17, 15) is 9.90 Å². The van der Waals surface area contributed by atoms with Crippen LogP contribution in [0, 0.1) is 0 Å². The van der Waals surface area contributed by atoms with Gasteiger partial charge in [0.05, 0.1) is 12.7 Å². The molecular formula is C15H21ClN2O3. The van der Waals surface area contributed by atoms with Crippen molar-refractivity contribution in [3.8, 4) is 0 Å². The van der Waals surface area contributed by atoms with E-state index in [-0.39, 0.29) is 24.6 Å². The van der Waals surface area contributed by atoms with Crippen LogP contribution in [0.4, 0.5) is 4.79 Å².